The Morgan fingerprint density at radius 3 is 2.65 bits per heavy atom. The lowest BCUT2D eigenvalue weighted by atomic mass is 9.72. The van der Waals surface area contributed by atoms with Gasteiger partial charge in [-0.1, -0.05) is 45.0 Å². The van der Waals surface area contributed by atoms with Crippen LogP contribution in [0.2, 0.25) is 0 Å². The summed E-state index contributed by atoms with van der Waals surface area (Å²) in [5.41, 5.74) is 4.25. The lowest BCUT2D eigenvalue weighted by Gasteiger charge is -2.30. The summed E-state index contributed by atoms with van der Waals surface area (Å²) in [5.74, 6) is 0.519. The summed E-state index contributed by atoms with van der Waals surface area (Å²) in [5, 5.41) is 2.62. The van der Waals surface area contributed by atoms with Crippen molar-refractivity contribution < 1.29 is 4.57 Å². The highest BCUT2D eigenvalue weighted by Gasteiger charge is 2.39. The number of hydrogen-bond donors (Lipinski definition) is 0. The molecule has 0 amide bonds. The van der Waals surface area contributed by atoms with Crippen LogP contribution >= 0.6 is 11.3 Å². The fourth-order valence-electron chi connectivity index (χ4n) is 4.05. The number of pyridine rings is 1. The Balaban J connectivity index is 2.17. The van der Waals surface area contributed by atoms with Gasteiger partial charge in [0.2, 0.25) is 5.69 Å². The highest BCUT2D eigenvalue weighted by molar-refractivity contribution is 7.16. The highest BCUT2D eigenvalue weighted by atomic mass is 32.1. The van der Waals surface area contributed by atoms with Crippen molar-refractivity contribution in [2.24, 2.45) is 5.92 Å². The number of aromatic nitrogens is 1. The maximum Gasteiger partial charge on any atom is 0.236 e. The minimum absolute atomic E-state index is 0.0167. The zero-order valence-electron chi connectivity index (χ0n) is 16.2. The molecule has 4 rings (SSSR count). The number of allylic oxidation sites excluding steroid dienone is 2. The molecule has 2 heteroatoms. The van der Waals surface area contributed by atoms with Crippen molar-refractivity contribution in [3.05, 3.63) is 64.7 Å². The molecule has 1 nitrogen and oxygen atoms in total. The van der Waals surface area contributed by atoms with Gasteiger partial charge < -0.3 is 0 Å². The molecule has 0 fully saturated rings. The quantitative estimate of drug-likeness (QED) is 0.454. The standard InChI is InChI=1S/C24H26NS/c1-6-9-20-17(4)21-23(26-20)22-19-11-8-7-10-18(19)12-14-25(22)15-13-24(21,5)16(2)3/h6-16H,1-5H3/q+1. The van der Waals surface area contributed by atoms with Gasteiger partial charge in [0.15, 0.2) is 12.4 Å². The second kappa shape index (κ2) is 6.21. The number of thiophene rings is 1. The maximum absolute atomic E-state index is 2.40. The normalized spacial score (nSPS) is 19.2. The van der Waals surface area contributed by atoms with Crippen LogP contribution in [0.3, 0.4) is 0 Å². The number of fused-ring (bicyclic) bond motifs is 5. The second-order valence-corrected chi connectivity index (χ2v) is 8.76. The lowest BCUT2D eigenvalue weighted by Crippen LogP contribution is -2.28. The summed E-state index contributed by atoms with van der Waals surface area (Å²) < 4.78 is 2.31. The van der Waals surface area contributed by atoms with Gasteiger partial charge in [-0.15, -0.1) is 11.3 Å². The summed E-state index contributed by atoms with van der Waals surface area (Å²) in [7, 11) is 0. The van der Waals surface area contributed by atoms with Gasteiger partial charge in [-0.25, -0.2) is 0 Å². The molecule has 0 saturated heterocycles. The van der Waals surface area contributed by atoms with E-state index in [1.165, 1.54) is 37.3 Å². The Bertz CT molecular complexity index is 1050. The molecule has 0 saturated carbocycles. The van der Waals surface area contributed by atoms with Crippen molar-refractivity contribution in [3.63, 3.8) is 0 Å². The molecule has 26 heavy (non-hydrogen) atoms. The lowest BCUT2D eigenvalue weighted by molar-refractivity contribution is -0.554. The molecule has 0 radical (unpaired) electrons. The zero-order chi connectivity index (χ0) is 18.5. The topological polar surface area (TPSA) is 3.88 Å². The van der Waals surface area contributed by atoms with Crippen LogP contribution in [0, 0.1) is 12.8 Å². The van der Waals surface area contributed by atoms with Crippen LogP contribution in [0.25, 0.3) is 33.6 Å². The van der Waals surface area contributed by atoms with Crippen LogP contribution in [0.15, 0.2) is 48.7 Å². The molecular weight excluding hydrogens is 334 g/mol. The Kier molecular flexibility index (Phi) is 4.11. The van der Waals surface area contributed by atoms with Crippen LogP contribution in [0.4, 0.5) is 0 Å². The first-order valence-corrected chi connectivity index (χ1v) is 10.2. The van der Waals surface area contributed by atoms with Crippen molar-refractivity contribution in [2.45, 2.75) is 40.0 Å². The Morgan fingerprint density at radius 1 is 1.15 bits per heavy atom. The van der Waals surface area contributed by atoms with Crippen LogP contribution in [0.5, 0.6) is 0 Å². The molecule has 3 heterocycles. The fourth-order valence-corrected chi connectivity index (χ4v) is 5.52. The molecule has 3 aromatic rings. The van der Waals surface area contributed by atoms with Crippen LogP contribution in [-0.4, -0.2) is 0 Å². The molecule has 0 N–H and O–H groups in total. The summed E-state index contributed by atoms with van der Waals surface area (Å²) in [6, 6.07) is 10.9. The maximum atomic E-state index is 2.40. The van der Waals surface area contributed by atoms with Gasteiger partial charge in [0.1, 0.15) is 4.88 Å². The van der Waals surface area contributed by atoms with Crippen molar-refractivity contribution in [2.75, 3.05) is 0 Å². The van der Waals surface area contributed by atoms with Gasteiger partial charge in [-0.3, -0.25) is 0 Å². The van der Waals surface area contributed by atoms with Crippen LogP contribution < -0.4 is 4.57 Å². The molecule has 1 aliphatic rings. The van der Waals surface area contributed by atoms with E-state index in [1.807, 2.05) is 11.3 Å². The summed E-state index contributed by atoms with van der Waals surface area (Å²) in [4.78, 5) is 2.78. The Labute approximate surface area is 160 Å². The molecule has 0 aliphatic carbocycles. The van der Waals surface area contributed by atoms with E-state index in [0.29, 0.717) is 5.92 Å². The SMILES string of the molecule is CC=Cc1sc2c(c1C)C(C)(C(C)C)C=C[n+]1ccc3ccccc3c1-2. The van der Waals surface area contributed by atoms with E-state index in [4.69, 9.17) is 0 Å². The first-order valence-electron chi connectivity index (χ1n) is 9.36. The molecule has 1 aromatic carbocycles. The number of benzene rings is 1. The van der Waals surface area contributed by atoms with Crippen molar-refractivity contribution in [1.29, 1.82) is 0 Å². The summed E-state index contributed by atoms with van der Waals surface area (Å²) in [6.07, 6.45) is 11.3. The zero-order valence-corrected chi connectivity index (χ0v) is 17.0. The average molecular weight is 361 g/mol. The predicted molar refractivity (Wildman–Crippen MR) is 114 cm³/mol. The van der Waals surface area contributed by atoms with Gasteiger partial charge in [0, 0.05) is 16.4 Å². The minimum Gasteiger partial charge on any atom is -0.166 e. The molecule has 0 spiro atoms. The Morgan fingerprint density at radius 2 is 1.92 bits per heavy atom. The van der Waals surface area contributed by atoms with E-state index in [0.717, 1.165) is 0 Å². The van der Waals surface area contributed by atoms with Gasteiger partial charge in [0.25, 0.3) is 0 Å². The third kappa shape index (κ3) is 2.39. The molecule has 1 aliphatic heterocycles. The number of nitrogens with zero attached hydrogens (tertiary/aromatic N) is 1. The third-order valence-corrected chi connectivity index (χ3v) is 7.19. The smallest absolute Gasteiger partial charge is 0.166 e. The molecule has 1 unspecified atom stereocenters. The molecular formula is C24H26NS+. The summed E-state index contributed by atoms with van der Waals surface area (Å²) in [6.45, 7) is 11.4. The second-order valence-electron chi connectivity index (χ2n) is 7.71. The molecule has 1 atom stereocenters. The average Bonchev–Trinajstić information content (AvgIpc) is 2.88. The minimum atomic E-state index is 0.0167. The Hall–Kier alpha value is -2.19. The van der Waals surface area contributed by atoms with E-state index in [1.54, 1.807) is 0 Å². The van der Waals surface area contributed by atoms with Gasteiger partial charge in [-0.05, 0) is 54.5 Å². The summed E-state index contributed by atoms with van der Waals surface area (Å²) >= 11 is 1.93. The first kappa shape index (κ1) is 17.2. The monoisotopic (exact) mass is 360 g/mol. The first-order chi connectivity index (χ1) is 12.5. The fraction of sp³-hybridized carbons (Fsp3) is 0.292. The van der Waals surface area contributed by atoms with Gasteiger partial charge >= 0.3 is 0 Å². The predicted octanol–water partition coefficient (Wildman–Crippen LogP) is 6.60. The van der Waals surface area contributed by atoms with Crippen molar-refractivity contribution >= 4 is 34.4 Å². The van der Waals surface area contributed by atoms with Crippen LogP contribution in [0.1, 0.15) is 43.7 Å². The highest BCUT2D eigenvalue weighted by Crippen LogP contribution is 2.48. The molecule has 0 bridgehead atoms. The van der Waals surface area contributed by atoms with E-state index in [-0.39, 0.29) is 5.41 Å². The van der Waals surface area contributed by atoms with E-state index in [9.17, 15) is 0 Å². The van der Waals surface area contributed by atoms with E-state index < -0.39 is 0 Å². The third-order valence-electron chi connectivity index (χ3n) is 5.92. The largest absolute Gasteiger partial charge is 0.236 e. The molecule has 2 aromatic heterocycles. The van der Waals surface area contributed by atoms with E-state index in [2.05, 4.69) is 100 Å². The number of hydrogen-bond acceptors (Lipinski definition) is 1. The van der Waals surface area contributed by atoms with Crippen molar-refractivity contribution in [1.82, 2.24) is 0 Å². The van der Waals surface area contributed by atoms with Crippen LogP contribution in [-0.2, 0) is 5.41 Å². The van der Waals surface area contributed by atoms with Gasteiger partial charge in [0.05, 0.1) is 5.39 Å². The van der Waals surface area contributed by atoms with Gasteiger partial charge in [-0.2, -0.15) is 4.57 Å². The molecule has 132 valence electrons. The number of rotatable bonds is 2. The van der Waals surface area contributed by atoms with Crippen molar-refractivity contribution in [3.8, 4) is 10.6 Å². The van der Waals surface area contributed by atoms with E-state index >= 15 is 0 Å².